The molecule has 0 aliphatic rings. The highest BCUT2D eigenvalue weighted by atomic mass is 79.9. The molecule has 0 aliphatic heterocycles. The molecule has 0 aromatic heterocycles. The van der Waals surface area contributed by atoms with Gasteiger partial charge in [0.2, 0.25) is 0 Å². The van der Waals surface area contributed by atoms with Gasteiger partial charge < -0.3 is 5.11 Å². The van der Waals surface area contributed by atoms with Crippen LogP contribution in [0.5, 0.6) is 0 Å². The summed E-state index contributed by atoms with van der Waals surface area (Å²) >= 11 is 15.3. The number of hydrogen-bond donors (Lipinski definition) is 1. The average molecular weight is 364 g/mol. The van der Waals surface area contributed by atoms with Crippen LogP contribution in [0.15, 0.2) is 40.9 Å². The van der Waals surface area contributed by atoms with Gasteiger partial charge >= 0.3 is 0 Å². The third kappa shape index (κ3) is 3.29. The zero-order chi connectivity index (χ0) is 14.0. The highest BCUT2D eigenvalue weighted by molar-refractivity contribution is 9.10. The molecule has 1 nitrogen and oxygen atoms in total. The molecule has 0 bridgehead atoms. The smallest absolute Gasteiger partial charge is 0.130 e. The van der Waals surface area contributed by atoms with Crippen molar-refractivity contribution in [1.82, 2.24) is 0 Å². The van der Waals surface area contributed by atoms with Gasteiger partial charge in [-0.05, 0) is 29.8 Å². The summed E-state index contributed by atoms with van der Waals surface area (Å²) in [6.07, 6.45) is -0.870. The Morgan fingerprint density at radius 3 is 2.26 bits per heavy atom. The first-order chi connectivity index (χ1) is 9.00. The van der Waals surface area contributed by atoms with Crippen LogP contribution in [0.3, 0.4) is 0 Å². The van der Waals surface area contributed by atoms with Gasteiger partial charge in [0.25, 0.3) is 0 Å². The maximum absolute atomic E-state index is 13.7. The fourth-order valence-corrected chi connectivity index (χ4v) is 3.01. The molecule has 0 aliphatic carbocycles. The largest absolute Gasteiger partial charge is 0.388 e. The molecule has 0 fully saturated rings. The number of aliphatic hydroxyl groups excluding tert-OH is 1. The van der Waals surface area contributed by atoms with Gasteiger partial charge in [-0.2, -0.15) is 0 Å². The summed E-state index contributed by atoms with van der Waals surface area (Å²) in [4.78, 5) is 0. The van der Waals surface area contributed by atoms with E-state index in [2.05, 4.69) is 15.9 Å². The Morgan fingerprint density at radius 1 is 1.11 bits per heavy atom. The lowest BCUT2D eigenvalue weighted by Gasteiger charge is -2.15. The Morgan fingerprint density at radius 2 is 1.68 bits per heavy atom. The van der Waals surface area contributed by atoms with Gasteiger partial charge in [0.1, 0.15) is 5.82 Å². The second kappa shape index (κ2) is 6.23. The van der Waals surface area contributed by atoms with Crippen molar-refractivity contribution in [3.05, 3.63) is 67.9 Å². The van der Waals surface area contributed by atoms with Gasteiger partial charge in [-0.1, -0.05) is 51.3 Å². The molecular weight excluding hydrogens is 354 g/mol. The van der Waals surface area contributed by atoms with Gasteiger partial charge in [0.05, 0.1) is 6.10 Å². The van der Waals surface area contributed by atoms with E-state index in [-0.39, 0.29) is 12.0 Å². The lowest BCUT2D eigenvalue weighted by molar-refractivity contribution is 0.173. The zero-order valence-electron chi connectivity index (χ0n) is 9.71. The molecule has 1 N–H and O–H groups in total. The molecule has 0 heterocycles. The highest BCUT2D eigenvalue weighted by Gasteiger charge is 2.19. The first-order valence-corrected chi connectivity index (χ1v) is 7.10. The molecule has 0 spiro atoms. The van der Waals surface area contributed by atoms with Crippen LogP contribution in [0.2, 0.25) is 10.0 Å². The zero-order valence-corrected chi connectivity index (χ0v) is 12.8. The van der Waals surface area contributed by atoms with Gasteiger partial charge in [0, 0.05) is 26.5 Å². The number of rotatable bonds is 3. The third-order valence-corrected chi connectivity index (χ3v) is 4.19. The molecular formula is C14H10BrCl2FO. The van der Waals surface area contributed by atoms with E-state index in [0.29, 0.717) is 20.1 Å². The van der Waals surface area contributed by atoms with Crippen molar-refractivity contribution in [2.24, 2.45) is 0 Å². The molecule has 2 aromatic carbocycles. The predicted octanol–water partition coefficient (Wildman–Crippen LogP) is 5.17. The fraction of sp³-hybridized carbons (Fsp3) is 0.143. The highest BCUT2D eigenvalue weighted by Crippen LogP contribution is 2.33. The average Bonchev–Trinajstić information content (AvgIpc) is 2.34. The van der Waals surface area contributed by atoms with Gasteiger partial charge in [-0.15, -0.1) is 0 Å². The van der Waals surface area contributed by atoms with Crippen molar-refractivity contribution in [1.29, 1.82) is 0 Å². The molecule has 0 amide bonds. The maximum Gasteiger partial charge on any atom is 0.130 e. The summed E-state index contributed by atoms with van der Waals surface area (Å²) in [5.41, 5.74) is 0.812. The van der Waals surface area contributed by atoms with E-state index in [1.165, 1.54) is 6.07 Å². The van der Waals surface area contributed by atoms with Crippen LogP contribution in [0.1, 0.15) is 17.2 Å². The minimum absolute atomic E-state index is 0.151. The molecule has 19 heavy (non-hydrogen) atoms. The number of aliphatic hydroxyl groups is 1. The van der Waals surface area contributed by atoms with E-state index in [0.717, 1.165) is 0 Å². The van der Waals surface area contributed by atoms with Crippen LogP contribution in [0, 0.1) is 5.82 Å². The van der Waals surface area contributed by atoms with Crippen molar-refractivity contribution >= 4 is 39.1 Å². The summed E-state index contributed by atoms with van der Waals surface area (Å²) in [7, 11) is 0. The fourth-order valence-electron chi connectivity index (χ4n) is 1.85. The van der Waals surface area contributed by atoms with Crippen molar-refractivity contribution < 1.29 is 9.50 Å². The van der Waals surface area contributed by atoms with E-state index in [4.69, 9.17) is 23.2 Å². The molecule has 2 rings (SSSR count). The van der Waals surface area contributed by atoms with Crippen molar-refractivity contribution in [2.75, 3.05) is 0 Å². The van der Waals surface area contributed by atoms with E-state index in [1.807, 2.05) is 0 Å². The third-order valence-electron chi connectivity index (χ3n) is 2.79. The van der Waals surface area contributed by atoms with E-state index >= 15 is 0 Å². The van der Waals surface area contributed by atoms with Crippen LogP contribution in [-0.2, 0) is 6.42 Å². The monoisotopic (exact) mass is 362 g/mol. The Labute approximate surface area is 129 Å². The summed E-state index contributed by atoms with van der Waals surface area (Å²) in [5, 5.41) is 11.1. The SMILES string of the molecule is OC(Cc1c(Cl)cccc1Cl)c1c(F)cccc1Br. The molecule has 0 saturated heterocycles. The van der Waals surface area contributed by atoms with Crippen molar-refractivity contribution in [3.8, 4) is 0 Å². The molecule has 0 radical (unpaired) electrons. The van der Waals surface area contributed by atoms with Crippen LogP contribution in [-0.4, -0.2) is 5.11 Å². The molecule has 2 aromatic rings. The Hall–Kier alpha value is -0.610. The predicted molar refractivity (Wildman–Crippen MR) is 79.2 cm³/mol. The Balaban J connectivity index is 2.34. The molecule has 5 heteroatoms. The number of benzene rings is 2. The van der Waals surface area contributed by atoms with Gasteiger partial charge in [-0.3, -0.25) is 0 Å². The second-order valence-electron chi connectivity index (χ2n) is 4.06. The van der Waals surface area contributed by atoms with Crippen LogP contribution < -0.4 is 0 Å². The summed E-state index contributed by atoms with van der Waals surface area (Å²) < 4.78 is 14.3. The quantitative estimate of drug-likeness (QED) is 0.797. The first kappa shape index (κ1) is 14.8. The maximum atomic E-state index is 13.7. The van der Waals surface area contributed by atoms with E-state index < -0.39 is 11.9 Å². The topological polar surface area (TPSA) is 20.2 Å². The van der Waals surface area contributed by atoms with Gasteiger partial charge in [-0.25, -0.2) is 4.39 Å². The van der Waals surface area contributed by atoms with Crippen LogP contribution in [0.4, 0.5) is 4.39 Å². The van der Waals surface area contributed by atoms with Crippen molar-refractivity contribution in [3.63, 3.8) is 0 Å². The standard InChI is InChI=1S/C14H10BrCl2FO/c15-9-3-1-6-12(18)14(9)13(19)7-8-10(16)4-2-5-11(8)17/h1-6,13,19H,7H2. The number of hydrogen-bond acceptors (Lipinski definition) is 1. The molecule has 1 atom stereocenters. The lowest BCUT2D eigenvalue weighted by atomic mass is 10.0. The second-order valence-corrected chi connectivity index (χ2v) is 5.72. The minimum Gasteiger partial charge on any atom is -0.388 e. The Bertz CT molecular complexity index is 563. The van der Waals surface area contributed by atoms with Crippen LogP contribution >= 0.6 is 39.1 Å². The number of halogens is 4. The molecule has 100 valence electrons. The lowest BCUT2D eigenvalue weighted by Crippen LogP contribution is -2.06. The summed E-state index contributed by atoms with van der Waals surface area (Å²) in [5.74, 6) is -0.468. The van der Waals surface area contributed by atoms with E-state index in [1.54, 1.807) is 30.3 Å². The summed E-state index contributed by atoms with van der Waals surface area (Å²) in [6, 6.07) is 9.64. The Kier molecular flexibility index (Phi) is 4.85. The van der Waals surface area contributed by atoms with Gasteiger partial charge in [0.15, 0.2) is 0 Å². The first-order valence-electron chi connectivity index (χ1n) is 5.55. The van der Waals surface area contributed by atoms with Crippen molar-refractivity contribution in [2.45, 2.75) is 12.5 Å². The molecule has 0 saturated carbocycles. The minimum atomic E-state index is -1.02. The van der Waals surface area contributed by atoms with Crippen LogP contribution in [0.25, 0.3) is 0 Å². The summed E-state index contributed by atoms with van der Waals surface area (Å²) in [6.45, 7) is 0. The normalized spacial score (nSPS) is 12.5. The molecule has 1 unspecified atom stereocenters. The van der Waals surface area contributed by atoms with E-state index in [9.17, 15) is 9.50 Å².